The monoisotopic (exact) mass is 405 g/mol. The summed E-state index contributed by atoms with van der Waals surface area (Å²) in [6.07, 6.45) is -0.0284. The van der Waals surface area contributed by atoms with Crippen LogP contribution in [0, 0.1) is 0 Å². The van der Waals surface area contributed by atoms with E-state index in [1.807, 2.05) is 30.3 Å². The van der Waals surface area contributed by atoms with Gasteiger partial charge >= 0.3 is 11.7 Å². The number of esters is 1. The summed E-state index contributed by atoms with van der Waals surface area (Å²) in [6, 6.07) is 16.3. The molecule has 4 rings (SSSR count). The van der Waals surface area contributed by atoms with Crippen molar-refractivity contribution in [1.29, 1.82) is 0 Å². The molecule has 0 saturated heterocycles. The number of rotatable bonds is 6. The van der Waals surface area contributed by atoms with E-state index in [0.717, 1.165) is 5.56 Å². The number of H-pyrrole nitrogens is 1. The molecule has 0 spiro atoms. The number of ether oxygens (including phenoxy) is 1. The number of nitrogens with one attached hydrogen (secondary N) is 1. The lowest BCUT2D eigenvalue weighted by Crippen LogP contribution is -2.31. The van der Waals surface area contributed by atoms with Gasteiger partial charge < -0.3 is 9.30 Å². The second-order valence-corrected chi connectivity index (χ2v) is 6.70. The van der Waals surface area contributed by atoms with Gasteiger partial charge in [0.05, 0.1) is 17.3 Å². The molecule has 2 aromatic heterocycles. The van der Waals surface area contributed by atoms with E-state index in [0.29, 0.717) is 22.6 Å². The highest BCUT2D eigenvalue weighted by molar-refractivity contribution is 5.78. The predicted molar refractivity (Wildman–Crippen MR) is 110 cm³/mol. The Morgan fingerprint density at radius 1 is 1.03 bits per heavy atom. The summed E-state index contributed by atoms with van der Waals surface area (Å²) in [6.45, 7) is 0.0550. The predicted octanol–water partition coefficient (Wildman–Crippen LogP) is 1.62. The Hall–Kier alpha value is -4.01. The van der Waals surface area contributed by atoms with Crippen LogP contribution < -0.4 is 11.2 Å². The highest BCUT2D eigenvalue weighted by atomic mass is 16.5. The fourth-order valence-electron chi connectivity index (χ4n) is 3.21. The van der Waals surface area contributed by atoms with Crippen LogP contribution in [0.3, 0.4) is 0 Å². The van der Waals surface area contributed by atoms with Crippen LogP contribution in [0.2, 0.25) is 0 Å². The summed E-state index contributed by atoms with van der Waals surface area (Å²) >= 11 is 0. The molecule has 9 nitrogen and oxygen atoms in total. The first kappa shape index (κ1) is 19.3. The summed E-state index contributed by atoms with van der Waals surface area (Å²) in [5, 5.41) is 8.63. The molecule has 152 valence electrons. The number of hydrogen-bond donors (Lipinski definition) is 1. The summed E-state index contributed by atoms with van der Waals surface area (Å²) in [5.41, 5.74) is 0.368. The van der Waals surface area contributed by atoms with Gasteiger partial charge in [-0.05, 0) is 12.1 Å². The van der Waals surface area contributed by atoms with E-state index in [4.69, 9.17) is 4.74 Å². The van der Waals surface area contributed by atoms with Crippen LogP contribution in [-0.2, 0) is 29.7 Å². The van der Waals surface area contributed by atoms with Gasteiger partial charge in [-0.25, -0.2) is 4.79 Å². The van der Waals surface area contributed by atoms with Crippen LogP contribution in [0.1, 0.15) is 12.2 Å². The molecular weight excluding hydrogens is 386 g/mol. The minimum absolute atomic E-state index is 0.0284. The van der Waals surface area contributed by atoms with Crippen LogP contribution in [0.15, 0.2) is 64.2 Å². The van der Waals surface area contributed by atoms with E-state index in [9.17, 15) is 14.4 Å². The normalized spacial score (nSPS) is 11.0. The lowest BCUT2D eigenvalue weighted by molar-refractivity contribution is -0.145. The molecule has 0 radical (unpaired) electrons. The first-order valence-electron chi connectivity index (χ1n) is 9.36. The molecule has 0 aliphatic heterocycles. The number of aromatic nitrogens is 5. The Labute approximate surface area is 170 Å². The number of carbonyl (C=O) groups excluding carboxylic acids is 1. The fraction of sp³-hybridized carbons (Fsp3) is 0.190. The van der Waals surface area contributed by atoms with Gasteiger partial charge in [0, 0.05) is 19.2 Å². The molecular formula is C21H19N5O4. The zero-order valence-electron chi connectivity index (χ0n) is 16.2. The average Bonchev–Trinajstić information content (AvgIpc) is 3.13. The van der Waals surface area contributed by atoms with Gasteiger partial charge in [0.15, 0.2) is 18.3 Å². The Morgan fingerprint density at radius 2 is 1.77 bits per heavy atom. The fourth-order valence-corrected chi connectivity index (χ4v) is 3.21. The van der Waals surface area contributed by atoms with E-state index in [1.165, 1.54) is 4.57 Å². The van der Waals surface area contributed by atoms with Crippen molar-refractivity contribution in [2.24, 2.45) is 7.05 Å². The highest BCUT2D eigenvalue weighted by Crippen LogP contribution is 2.17. The number of aryl methyl sites for hydroxylation is 1. The van der Waals surface area contributed by atoms with Gasteiger partial charge in [-0.1, -0.05) is 42.5 Å². The molecule has 9 heteroatoms. The SMILES string of the molecule is Cn1c(COC(=O)CCn2c(=O)[nH]c(=O)c3ccccc32)nnc1-c1ccccc1. The Bertz CT molecular complexity index is 1320. The van der Waals surface area contributed by atoms with Crippen molar-refractivity contribution in [2.45, 2.75) is 19.6 Å². The molecule has 0 fully saturated rings. The Balaban J connectivity index is 1.43. The molecule has 2 heterocycles. The smallest absolute Gasteiger partial charge is 0.328 e. The van der Waals surface area contributed by atoms with Gasteiger partial charge in [0.2, 0.25) is 0 Å². The zero-order chi connectivity index (χ0) is 21.1. The number of carbonyl (C=O) groups is 1. The third-order valence-electron chi connectivity index (χ3n) is 4.80. The van der Waals surface area contributed by atoms with E-state index >= 15 is 0 Å². The molecule has 0 aliphatic carbocycles. The van der Waals surface area contributed by atoms with E-state index in [2.05, 4.69) is 15.2 Å². The number of hydrogen-bond acceptors (Lipinski definition) is 6. The minimum atomic E-state index is -0.563. The summed E-state index contributed by atoms with van der Waals surface area (Å²) in [7, 11) is 1.80. The maximum absolute atomic E-state index is 12.2. The van der Waals surface area contributed by atoms with Gasteiger partial charge in [-0.3, -0.25) is 19.1 Å². The maximum Gasteiger partial charge on any atom is 0.328 e. The summed E-state index contributed by atoms with van der Waals surface area (Å²) < 4.78 is 8.43. The van der Waals surface area contributed by atoms with Gasteiger partial charge in [0.25, 0.3) is 5.56 Å². The van der Waals surface area contributed by atoms with Crippen molar-refractivity contribution in [1.82, 2.24) is 24.3 Å². The van der Waals surface area contributed by atoms with Crippen molar-refractivity contribution in [3.63, 3.8) is 0 Å². The molecule has 0 aliphatic rings. The molecule has 1 N–H and O–H groups in total. The molecule has 2 aromatic carbocycles. The Morgan fingerprint density at radius 3 is 2.57 bits per heavy atom. The minimum Gasteiger partial charge on any atom is -0.457 e. The number of para-hydroxylation sites is 1. The molecule has 0 saturated carbocycles. The van der Waals surface area contributed by atoms with Crippen molar-refractivity contribution in [2.75, 3.05) is 0 Å². The standard InChI is InChI=1S/C21H19N5O4/c1-25-17(23-24-19(25)14-7-3-2-4-8-14)13-30-18(27)11-12-26-16-10-6-5-9-15(16)20(28)22-21(26)29/h2-10H,11-13H2,1H3,(H,22,28,29). The summed E-state index contributed by atoms with van der Waals surface area (Å²) in [4.78, 5) is 38.6. The van der Waals surface area contributed by atoms with E-state index < -0.39 is 17.2 Å². The van der Waals surface area contributed by atoms with E-state index in [1.54, 1.807) is 35.9 Å². The van der Waals surface area contributed by atoms with Crippen LogP contribution in [0.4, 0.5) is 0 Å². The molecule has 0 unspecified atom stereocenters. The van der Waals surface area contributed by atoms with Crippen LogP contribution in [0.5, 0.6) is 0 Å². The van der Waals surface area contributed by atoms with Gasteiger partial charge in [0.1, 0.15) is 0 Å². The van der Waals surface area contributed by atoms with Crippen LogP contribution >= 0.6 is 0 Å². The molecule has 0 atom stereocenters. The number of benzene rings is 2. The summed E-state index contributed by atoms with van der Waals surface area (Å²) in [5.74, 6) is 0.697. The molecule has 30 heavy (non-hydrogen) atoms. The quantitative estimate of drug-likeness (QED) is 0.488. The lowest BCUT2D eigenvalue weighted by Gasteiger charge is -2.09. The van der Waals surface area contributed by atoms with Crippen LogP contribution in [0.25, 0.3) is 22.3 Å². The second kappa shape index (κ2) is 8.16. The molecule has 0 bridgehead atoms. The highest BCUT2D eigenvalue weighted by Gasteiger charge is 2.14. The van der Waals surface area contributed by atoms with Gasteiger partial charge in [-0.2, -0.15) is 0 Å². The van der Waals surface area contributed by atoms with Crippen molar-refractivity contribution < 1.29 is 9.53 Å². The third kappa shape index (κ3) is 3.77. The first-order valence-corrected chi connectivity index (χ1v) is 9.36. The third-order valence-corrected chi connectivity index (χ3v) is 4.80. The zero-order valence-corrected chi connectivity index (χ0v) is 16.2. The van der Waals surface area contributed by atoms with Gasteiger partial charge in [-0.15, -0.1) is 10.2 Å². The van der Waals surface area contributed by atoms with Crippen LogP contribution in [-0.4, -0.2) is 30.3 Å². The Kier molecular flexibility index (Phi) is 5.25. The average molecular weight is 405 g/mol. The van der Waals surface area contributed by atoms with Crippen molar-refractivity contribution >= 4 is 16.9 Å². The first-order chi connectivity index (χ1) is 14.5. The number of aromatic amines is 1. The van der Waals surface area contributed by atoms with E-state index in [-0.39, 0.29) is 19.6 Å². The van der Waals surface area contributed by atoms with Crippen molar-refractivity contribution in [3.8, 4) is 11.4 Å². The maximum atomic E-state index is 12.2. The van der Waals surface area contributed by atoms with Crippen molar-refractivity contribution in [3.05, 3.63) is 81.3 Å². The molecule has 4 aromatic rings. The topological polar surface area (TPSA) is 112 Å². The number of fused-ring (bicyclic) bond motifs is 1. The lowest BCUT2D eigenvalue weighted by atomic mass is 10.2. The number of nitrogens with zero attached hydrogens (tertiary/aromatic N) is 4. The second-order valence-electron chi connectivity index (χ2n) is 6.70. The molecule has 0 amide bonds. The largest absolute Gasteiger partial charge is 0.457 e.